The van der Waals surface area contributed by atoms with Crippen molar-refractivity contribution in [3.8, 4) is 30.6 Å². The van der Waals surface area contributed by atoms with Crippen molar-refractivity contribution in [1.82, 2.24) is 9.88 Å². The number of hydrogen-bond donors (Lipinski definition) is 0. The van der Waals surface area contributed by atoms with Crippen molar-refractivity contribution in [1.29, 1.82) is 0 Å². The molecule has 0 unspecified atom stereocenters. The minimum Gasteiger partial charge on any atom is -0.472 e. The van der Waals surface area contributed by atoms with Crippen molar-refractivity contribution >= 4 is 5.91 Å². The number of ether oxygens (including phenoxy) is 1. The quantitative estimate of drug-likeness (QED) is 0.786. The largest absolute Gasteiger partial charge is 0.472 e. The van der Waals surface area contributed by atoms with Crippen LogP contribution in [0.15, 0.2) is 18.3 Å². The Balaban J connectivity index is 2.85. The van der Waals surface area contributed by atoms with E-state index in [2.05, 4.69) is 16.8 Å². The van der Waals surface area contributed by atoms with E-state index in [1.54, 1.807) is 12.1 Å². The third kappa shape index (κ3) is 4.66. The molecule has 0 bridgehead atoms. The van der Waals surface area contributed by atoms with Crippen LogP contribution in [0.1, 0.15) is 31.1 Å². The molecular weight excluding hydrogens is 252 g/mol. The van der Waals surface area contributed by atoms with Crippen molar-refractivity contribution in [2.24, 2.45) is 0 Å². The monoisotopic (exact) mass is 270 g/mol. The fourth-order valence-corrected chi connectivity index (χ4v) is 1.48. The summed E-state index contributed by atoms with van der Waals surface area (Å²) in [6.07, 6.45) is 11.9. The van der Waals surface area contributed by atoms with Crippen LogP contribution in [0.4, 0.5) is 0 Å². The summed E-state index contributed by atoms with van der Waals surface area (Å²) in [5.74, 6) is 5.05. The van der Waals surface area contributed by atoms with E-state index in [0.717, 1.165) is 0 Å². The predicted octanol–water partition coefficient (Wildman–Crippen LogP) is 1.97. The van der Waals surface area contributed by atoms with Gasteiger partial charge < -0.3 is 9.64 Å². The fraction of sp³-hybridized carbons (Fsp3) is 0.375. The van der Waals surface area contributed by atoms with Crippen molar-refractivity contribution in [2.45, 2.75) is 26.4 Å². The summed E-state index contributed by atoms with van der Waals surface area (Å²) < 4.78 is 5.59. The van der Waals surface area contributed by atoms with Gasteiger partial charge in [-0.25, -0.2) is 4.98 Å². The van der Waals surface area contributed by atoms with Crippen LogP contribution in [0.5, 0.6) is 5.88 Å². The third-order valence-electron chi connectivity index (χ3n) is 2.25. The predicted molar refractivity (Wildman–Crippen MR) is 78.2 cm³/mol. The van der Waals surface area contributed by atoms with E-state index in [9.17, 15) is 4.79 Å². The average molecular weight is 270 g/mol. The summed E-state index contributed by atoms with van der Waals surface area (Å²) in [6, 6.07) is 3.30. The number of amides is 1. The molecule has 1 aromatic rings. The van der Waals surface area contributed by atoms with E-state index in [1.165, 1.54) is 11.1 Å². The molecule has 0 saturated carbocycles. The van der Waals surface area contributed by atoms with Gasteiger partial charge in [0.15, 0.2) is 0 Å². The molecule has 0 aliphatic heterocycles. The molecule has 104 valence electrons. The van der Waals surface area contributed by atoms with Crippen molar-refractivity contribution < 1.29 is 9.53 Å². The molecular formula is C16H18N2O2. The topological polar surface area (TPSA) is 42.4 Å². The molecule has 20 heavy (non-hydrogen) atoms. The number of nitrogens with zero attached hydrogens (tertiary/aromatic N) is 2. The van der Waals surface area contributed by atoms with E-state index >= 15 is 0 Å². The maximum Gasteiger partial charge on any atom is 0.256 e. The molecule has 4 nitrogen and oxygen atoms in total. The highest BCUT2D eigenvalue weighted by Gasteiger charge is 2.16. The van der Waals surface area contributed by atoms with E-state index in [4.69, 9.17) is 17.6 Å². The lowest BCUT2D eigenvalue weighted by molar-refractivity contribution is 0.0795. The molecule has 4 heteroatoms. The molecule has 1 rings (SSSR count). The lowest BCUT2D eigenvalue weighted by atomic mass is 10.2. The number of rotatable bonds is 4. The second kappa shape index (κ2) is 6.63. The highest BCUT2D eigenvalue weighted by molar-refractivity contribution is 5.94. The van der Waals surface area contributed by atoms with Gasteiger partial charge in [0.05, 0.1) is 18.7 Å². The molecule has 0 fully saturated rings. The molecule has 0 aliphatic rings. The molecule has 0 aromatic carbocycles. The lowest BCUT2D eigenvalue weighted by Gasteiger charge is -2.21. The van der Waals surface area contributed by atoms with E-state index in [-0.39, 0.29) is 24.6 Å². The normalized spacial score (nSPS) is 10.2. The van der Waals surface area contributed by atoms with Crippen LogP contribution in [0.2, 0.25) is 0 Å². The highest BCUT2D eigenvalue weighted by atomic mass is 16.5. The van der Waals surface area contributed by atoms with Crippen molar-refractivity contribution in [2.75, 3.05) is 13.1 Å². The second-order valence-corrected chi connectivity index (χ2v) is 5.17. The first-order valence-corrected chi connectivity index (χ1v) is 6.18. The van der Waals surface area contributed by atoms with Gasteiger partial charge in [0.25, 0.3) is 5.91 Å². The van der Waals surface area contributed by atoms with E-state index < -0.39 is 0 Å². The van der Waals surface area contributed by atoms with Gasteiger partial charge in [0.1, 0.15) is 5.60 Å². The first kappa shape index (κ1) is 15.6. The minimum atomic E-state index is -0.336. The SMILES string of the molecule is C#CCN(CC#C)C(=O)c1ccc(OC(C)(C)C)nc1. The van der Waals surface area contributed by atoms with Gasteiger partial charge in [-0.2, -0.15) is 0 Å². The standard InChI is InChI=1S/C16H18N2O2/c1-6-10-18(11-7-2)15(19)13-8-9-14(17-12-13)20-16(3,4)5/h1-2,8-9,12H,10-11H2,3-5H3. The van der Waals surface area contributed by atoms with Crippen LogP contribution in [-0.2, 0) is 0 Å². The maximum absolute atomic E-state index is 12.2. The Hall–Kier alpha value is -2.46. The number of pyridine rings is 1. The van der Waals surface area contributed by atoms with E-state index in [1.807, 2.05) is 20.8 Å². The number of aromatic nitrogens is 1. The Bertz CT molecular complexity index is 526. The molecule has 1 heterocycles. The summed E-state index contributed by atoms with van der Waals surface area (Å²) in [4.78, 5) is 17.7. The zero-order valence-electron chi connectivity index (χ0n) is 12.0. The van der Waals surface area contributed by atoms with Crippen LogP contribution in [0, 0.1) is 24.7 Å². The summed E-state index contributed by atoms with van der Waals surface area (Å²) in [5.41, 5.74) is 0.0917. The number of hydrogen-bond acceptors (Lipinski definition) is 3. The number of terminal acetylenes is 2. The third-order valence-corrected chi connectivity index (χ3v) is 2.25. The van der Waals surface area contributed by atoms with Crippen LogP contribution < -0.4 is 4.74 Å². The first-order chi connectivity index (χ1) is 9.37. The molecule has 0 atom stereocenters. The van der Waals surface area contributed by atoms with Gasteiger partial charge in [-0.1, -0.05) is 11.8 Å². The minimum absolute atomic E-state index is 0.170. The van der Waals surface area contributed by atoms with Gasteiger partial charge in [-0.3, -0.25) is 4.79 Å². The maximum atomic E-state index is 12.2. The fourth-order valence-electron chi connectivity index (χ4n) is 1.48. The van der Waals surface area contributed by atoms with Gasteiger partial charge in [0.2, 0.25) is 5.88 Å². The molecule has 0 spiro atoms. The molecule has 0 N–H and O–H groups in total. The van der Waals surface area contributed by atoms with Crippen LogP contribution in [0.3, 0.4) is 0 Å². The van der Waals surface area contributed by atoms with Crippen molar-refractivity contribution in [3.05, 3.63) is 23.9 Å². The number of carbonyl (C=O) groups is 1. The molecule has 1 aromatic heterocycles. The molecule has 0 aliphatic carbocycles. The first-order valence-electron chi connectivity index (χ1n) is 6.18. The summed E-state index contributed by atoms with van der Waals surface area (Å²) in [7, 11) is 0. The Morgan fingerprint density at radius 3 is 2.30 bits per heavy atom. The smallest absolute Gasteiger partial charge is 0.256 e. The second-order valence-electron chi connectivity index (χ2n) is 5.17. The Morgan fingerprint density at radius 1 is 1.30 bits per heavy atom. The number of carbonyl (C=O) groups excluding carboxylic acids is 1. The lowest BCUT2D eigenvalue weighted by Crippen LogP contribution is -2.31. The molecule has 0 radical (unpaired) electrons. The Kier molecular flexibility index (Phi) is 5.17. The average Bonchev–Trinajstić information content (AvgIpc) is 2.37. The summed E-state index contributed by atoms with van der Waals surface area (Å²) >= 11 is 0. The molecule has 0 saturated heterocycles. The Morgan fingerprint density at radius 2 is 1.90 bits per heavy atom. The Labute approximate surface area is 120 Å². The van der Waals surface area contributed by atoms with Gasteiger partial charge in [-0.15, -0.1) is 12.8 Å². The zero-order chi connectivity index (χ0) is 15.2. The van der Waals surface area contributed by atoms with Gasteiger partial charge >= 0.3 is 0 Å². The van der Waals surface area contributed by atoms with Crippen LogP contribution in [0.25, 0.3) is 0 Å². The van der Waals surface area contributed by atoms with Gasteiger partial charge in [0, 0.05) is 12.3 Å². The molecule has 1 amide bonds. The van der Waals surface area contributed by atoms with Crippen LogP contribution >= 0.6 is 0 Å². The summed E-state index contributed by atoms with van der Waals surface area (Å²) in [5, 5.41) is 0. The van der Waals surface area contributed by atoms with Crippen LogP contribution in [-0.4, -0.2) is 34.5 Å². The van der Waals surface area contributed by atoms with Gasteiger partial charge in [-0.05, 0) is 26.8 Å². The summed E-state index contributed by atoms with van der Waals surface area (Å²) in [6.45, 7) is 6.12. The highest BCUT2D eigenvalue weighted by Crippen LogP contribution is 2.16. The van der Waals surface area contributed by atoms with E-state index in [0.29, 0.717) is 11.4 Å². The zero-order valence-corrected chi connectivity index (χ0v) is 12.0. The van der Waals surface area contributed by atoms with Crippen molar-refractivity contribution in [3.63, 3.8) is 0 Å².